The highest BCUT2D eigenvalue weighted by molar-refractivity contribution is 5.89. The lowest BCUT2D eigenvalue weighted by Gasteiger charge is -2.03. The number of benzene rings is 1. The van der Waals surface area contributed by atoms with Gasteiger partial charge in [-0.1, -0.05) is 30.3 Å². The van der Waals surface area contributed by atoms with E-state index in [2.05, 4.69) is 30.0 Å². The fraction of sp³-hybridized carbons (Fsp3) is 0.143. The second kappa shape index (κ2) is 5.58. The maximum absolute atomic E-state index is 11.4. The average molecular weight is 283 g/mol. The number of nitrogens with zero attached hydrogens (tertiary/aromatic N) is 3. The van der Waals surface area contributed by atoms with Crippen LogP contribution >= 0.6 is 0 Å². The molecule has 0 aliphatic carbocycles. The zero-order chi connectivity index (χ0) is 14.7. The molecule has 0 radical (unpaired) electrons. The standard InChI is InChI=1S/C14H13N5O2/c1-21-13(20)12-17-10-8-16-14(19-11(10)18-12)15-7-9-5-3-2-4-6-9/h2-6,8H,7H2,1H3,(H2,15,16,17,18,19). The highest BCUT2D eigenvalue weighted by Crippen LogP contribution is 2.11. The van der Waals surface area contributed by atoms with Crippen LogP contribution in [0.2, 0.25) is 0 Å². The van der Waals surface area contributed by atoms with Crippen LogP contribution in [0, 0.1) is 0 Å². The number of H-pyrrole nitrogens is 1. The van der Waals surface area contributed by atoms with Gasteiger partial charge >= 0.3 is 5.97 Å². The number of anilines is 1. The van der Waals surface area contributed by atoms with E-state index in [4.69, 9.17) is 0 Å². The molecule has 0 unspecified atom stereocenters. The Balaban J connectivity index is 1.79. The van der Waals surface area contributed by atoms with Gasteiger partial charge in [0.05, 0.1) is 13.3 Å². The predicted octanol–water partition coefficient (Wildman–Crippen LogP) is 1.75. The average Bonchev–Trinajstić information content (AvgIpc) is 2.96. The van der Waals surface area contributed by atoms with Crippen LogP contribution in [0.15, 0.2) is 36.5 Å². The van der Waals surface area contributed by atoms with Crippen LogP contribution in [0.4, 0.5) is 5.95 Å². The van der Waals surface area contributed by atoms with E-state index in [0.717, 1.165) is 5.56 Å². The number of carbonyl (C=O) groups excluding carboxylic acids is 1. The molecule has 0 spiro atoms. The largest absolute Gasteiger partial charge is 0.463 e. The van der Waals surface area contributed by atoms with Crippen LogP contribution in [0.3, 0.4) is 0 Å². The molecule has 0 bridgehead atoms. The maximum atomic E-state index is 11.4. The van der Waals surface area contributed by atoms with Crippen LogP contribution < -0.4 is 5.32 Å². The summed E-state index contributed by atoms with van der Waals surface area (Å²) in [6.45, 7) is 0.612. The lowest BCUT2D eigenvalue weighted by molar-refractivity contribution is 0.0588. The number of hydrogen-bond donors (Lipinski definition) is 2. The molecule has 2 heterocycles. The first-order valence-corrected chi connectivity index (χ1v) is 6.35. The van der Waals surface area contributed by atoms with Gasteiger partial charge in [-0.3, -0.25) is 0 Å². The first kappa shape index (κ1) is 13.0. The summed E-state index contributed by atoms with van der Waals surface area (Å²) in [6.07, 6.45) is 1.58. The fourth-order valence-corrected chi connectivity index (χ4v) is 1.86. The van der Waals surface area contributed by atoms with Crippen molar-refractivity contribution < 1.29 is 9.53 Å². The fourth-order valence-electron chi connectivity index (χ4n) is 1.86. The van der Waals surface area contributed by atoms with Crippen LogP contribution in [0.1, 0.15) is 16.2 Å². The Labute approximate surface area is 120 Å². The summed E-state index contributed by atoms with van der Waals surface area (Å²) in [7, 11) is 1.30. The van der Waals surface area contributed by atoms with Crippen LogP contribution in [0.25, 0.3) is 11.2 Å². The minimum atomic E-state index is -0.535. The third-order valence-electron chi connectivity index (χ3n) is 2.91. The quantitative estimate of drug-likeness (QED) is 0.709. The predicted molar refractivity (Wildman–Crippen MR) is 76.8 cm³/mol. The minimum absolute atomic E-state index is 0.113. The van der Waals surface area contributed by atoms with Crippen molar-refractivity contribution in [1.29, 1.82) is 0 Å². The first-order chi connectivity index (χ1) is 10.3. The zero-order valence-corrected chi connectivity index (χ0v) is 11.3. The van der Waals surface area contributed by atoms with Crippen molar-refractivity contribution in [3.05, 3.63) is 47.9 Å². The molecule has 0 fully saturated rings. The van der Waals surface area contributed by atoms with Crippen molar-refractivity contribution in [3.8, 4) is 0 Å². The Morgan fingerprint density at radius 2 is 2.10 bits per heavy atom. The number of fused-ring (bicyclic) bond motifs is 1. The van der Waals surface area contributed by atoms with E-state index in [-0.39, 0.29) is 5.82 Å². The van der Waals surface area contributed by atoms with E-state index in [9.17, 15) is 4.79 Å². The molecule has 0 aliphatic heterocycles. The smallest absolute Gasteiger partial charge is 0.374 e. The molecule has 106 valence electrons. The third kappa shape index (κ3) is 2.81. The molecule has 7 nitrogen and oxygen atoms in total. The van der Waals surface area contributed by atoms with Gasteiger partial charge in [-0.15, -0.1) is 0 Å². The highest BCUT2D eigenvalue weighted by Gasteiger charge is 2.12. The van der Waals surface area contributed by atoms with E-state index in [1.54, 1.807) is 6.20 Å². The molecule has 21 heavy (non-hydrogen) atoms. The lowest BCUT2D eigenvalue weighted by Crippen LogP contribution is -2.03. The van der Waals surface area contributed by atoms with E-state index in [1.807, 2.05) is 30.3 Å². The maximum Gasteiger partial charge on any atom is 0.374 e. The summed E-state index contributed by atoms with van der Waals surface area (Å²) in [6, 6.07) is 9.92. The summed E-state index contributed by atoms with van der Waals surface area (Å²) >= 11 is 0. The van der Waals surface area contributed by atoms with Crippen molar-refractivity contribution in [3.63, 3.8) is 0 Å². The van der Waals surface area contributed by atoms with Gasteiger partial charge in [-0.25, -0.2) is 14.8 Å². The van der Waals surface area contributed by atoms with Crippen LogP contribution in [-0.4, -0.2) is 33.0 Å². The number of carbonyl (C=O) groups is 1. The summed E-state index contributed by atoms with van der Waals surface area (Å²) in [5, 5.41) is 3.11. The summed E-state index contributed by atoms with van der Waals surface area (Å²) in [5.41, 5.74) is 2.13. The SMILES string of the molecule is COC(=O)c1nc2nc(NCc3ccccc3)ncc2[nH]1. The Morgan fingerprint density at radius 3 is 2.86 bits per heavy atom. The second-order valence-electron chi connectivity index (χ2n) is 4.35. The van der Waals surface area contributed by atoms with Gasteiger partial charge in [0, 0.05) is 6.54 Å². The molecule has 2 N–H and O–H groups in total. The molecule has 2 aromatic heterocycles. The number of hydrogen-bond acceptors (Lipinski definition) is 6. The number of esters is 1. The molecule has 7 heteroatoms. The molecule has 0 saturated heterocycles. The number of nitrogens with one attached hydrogen (secondary N) is 2. The highest BCUT2D eigenvalue weighted by atomic mass is 16.5. The molecule has 0 saturated carbocycles. The van der Waals surface area contributed by atoms with E-state index in [1.165, 1.54) is 7.11 Å². The molecule has 3 rings (SSSR count). The number of rotatable bonds is 4. The van der Waals surface area contributed by atoms with Crippen LogP contribution in [-0.2, 0) is 11.3 Å². The normalized spacial score (nSPS) is 10.5. The van der Waals surface area contributed by atoms with Crippen molar-refractivity contribution in [2.45, 2.75) is 6.54 Å². The molecule has 0 aliphatic rings. The van der Waals surface area contributed by atoms with Crippen molar-refractivity contribution >= 4 is 23.1 Å². The second-order valence-corrected chi connectivity index (χ2v) is 4.35. The number of ether oxygens (including phenoxy) is 1. The number of imidazole rings is 1. The molecular weight excluding hydrogens is 270 g/mol. The number of methoxy groups -OCH3 is 1. The Hall–Kier alpha value is -2.96. The Kier molecular flexibility index (Phi) is 3.46. The monoisotopic (exact) mass is 283 g/mol. The van der Waals surface area contributed by atoms with Crippen molar-refractivity contribution in [2.75, 3.05) is 12.4 Å². The van der Waals surface area contributed by atoms with Gasteiger partial charge in [0.15, 0.2) is 5.65 Å². The molecule has 3 aromatic rings. The molecular formula is C14H13N5O2. The van der Waals surface area contributed by atoms with E-state index < -0.39 is 5.97 Å². The van der Waals surface area contributed by atoms with Gasteiger partial charge in [-0.2, -0.15) is 4.98 Å². The summed E-state index contributed by atoms with van der Waals surface area (Å²) in [4.78, 5) is 26.7. The van der Waals surface area contributed by atoms with Crippen molar-refractivity contribution in [2.24, 2.45) is 0 Å². The van der Waals surface area contributed by atoms with E-state index in [0.29, 0.717) is 23.7 Å². The van der Waals surface area contributed by atoms with Crippen molar-refractivity contribution in [1.82, 2.24) is 19.9 Å². The van der Waals surface area contributed by atoms with Gasteiger partial charge in [0.2, 0.25) is 11.8 Å². The number of aromatic amines is 1. The Bertz CT molecular complexity index is 769. The van der Waals surface area contributed by atoms with Gasteiger partial charge in [0.25, 0.3) is 0 Å². The summed E-state index contributed by atoms with van der Waals surface area (Å²) < 4.78 is 4.60. The topological polar surface area (TPSA) is 92.8 Å². The van der Waals surface area contributed by atoms with Gasteiger partial charge < -0.3 is 15.0 Å². The Morgan fingerprint density at radius 1 is 1.29 bits per heavy atom. The first-order valence-electron chi connectivity index (χ1n) is 6.35. The molecule has 0 amide bonds. The van der Waals surface area contributed by atoms with Gasteiger partial charge in [-0.05, 0) is 5.56 Å². The lowest BCUT2D eigenvalue weighted by atomic mass is 10.2. The van der Waals surface area contributed by atoms with E-state index >= 15 is 0 Å². The van der Waals surface area contributed by atoms with Crippen LogP contribution in [0.5, 0.6) is 0 Å². The molecule has 1 aromatic carbocycles. The molecule has 0 atom stereocenters. The third-order valence-corrected chi connectivity index (χ3v) is 2.91. The zero-order valence-electron chi connectivity index (χ0n) is 11.3. The number of aromatic nitrogens is 4. The minimum Gasteiger partial charge on any atom is -0.463 e. The van der Waals surface area contributed by atoms with Gasteiger partial charge in [0.1, 0.15) is 5.52 Å². The summed E-state index contributed by atoms with van der Waals surface area (Å²) in [5.74, 6) is 0.0306.